The molecule has 2 aromatic rings. The van der Waals surface area contributed by atoms with Crippen LogP contribution in [0.3, 0.4) is 0 Å². The van der Waals surface area contributed by atoms with Crippen LogP contribution < -0.4 is 5.32 Å². The van der Waals surface area contributed by atoms with Gasteiger partial charge in [0, 0.05) is 6.04 Å². The second-order valence-electron chi connectivity index (χ2n) is 6.37. The summed E-state index contributed by atoms with van der Waals surface area (Å²) < 4.78 is 0. The molecule has 0 aromatic heterocycles. The van der Waals surface area contributed by atoms with Crippen LogP contribution in [0, 0.1) is 6.92 Å². The molecule has 3 rings (SSSR count). The predicted octanol–water partition coefficient (Wildman–Crippen LogP) is 3.98. The molecule has 2 heteroatoms. The minimum atomic E-state index is -0.105. The molecule has 2 aromatic carbocycles. The van der Waals surface area contributed by atoms with Crippen LogP contribution in [0.25, 0.3) is 0 Å². The Kier molecular flexibility index (Phi) is 4.91. The molecule has 0 aliphatic heterocycles. The lowest BCUT2D eigenvalue weighted by Gasteiger charge is -2.31. The molecule has 0 saturated heterocycles. The second-order valence-corrected chi connectivity index (χ2v) is 6.37. The highest BCUT2D eigenvalue weighted by atomic mass is 16.3. The summed E-state index contributed by atoms with van der Waals surface area (Å²) >= 11 is 0. The van der Waals surface area contributed by atoms with E-state index in [9.17, 15) is 5.11 Å². The zero-order valence-corrected chi connectivity index (χ0v) is 13.2. The van der Waals surface area contributed by atoms with Crippen LogP contribution in [0.15, 0.2) is 54.6 Å². The van der Waals surface area contributed by atoms with Crippen molar-refractivity contribution < 1.29 is 5.11 Å². The van der Waals surface area contributed by atoms with Gasteiger partial charge in [-0.25, -0.2) is 0 Å². The summed E-state index contributed by atoms with van der Waals surface area (Å²) in [7, 11) is 0. The number of benzene rings is 2. The molecule has 0 bridgehead atoms. The first-order valence-electron chi connectivity index (χ1n) is 8.28. The number of rotatable bonds is 4. The van der Waals surface area contributed by atoms with E-state index in [0.29, 0.717) is 6.04 Å². The third-order valence-electron chi connectivity index (χ3n) is 4.73. The van der Waals surface area contributed by atoms with E-state index in [1.807, 2.05) is 0 Å². The van der Waals surface area contributed by atoms with Gasteiger partial charge < -0.3 is 10.4 Å². The lowest BCUT2D eigenvalue weighted by Crippen LogP contribution is -2.37. The number of aliphatic hydroxyl groups excluding tert-OH is 1. The Morgan fingerprint density at radius 1 is 0.909 bits per heavy atom. The van der Waals surface area contributed by atoms with Gasteiger partial charge in [0.2, 0.25) is 0 Å². The molecular weight excluding hydrogens is 270 g/mol. The predicted molar refractivity (Wildman–Crippen MR) is 90.9 cm³/mol. The lowest BCUT2D eigenvalue weighted by atomic mass is 9.89. The Morgan fingerprint density at radius 3 is 2.23 bits per heavy atom. The Morgan fingerprint density at radius 2 is 1.55 bits per heavy atom. The van der Waals surface area contributed by atoms with Crippen LogP contribution in [-0.2, 0) is 0 Å². The van der Waals surface area contributed by atoms with Gasteiger partial charge in [0.1, 0.15) is 0 Å². The molecule has 1 aliphatic carbocycles. The average molecular weight is 295 g/mol. The van der Waals surface area contributed by atoms with Crippen molar-refractivity contribution in [2.75, 3.05) is 0 Å². The number of nitrogens with one attached hydrogen (secondary N) is 1. The average Bonchev–Trinajstić information content (AvgIpc) is 2.56. The number of aliphatic hydroxyl groups is 1. The first kappa shape index (κ1) is 15.3. The summed E-state index contributed by atoms with van der Waals surface area (Å²) in [5.74, 6) is 0. The SMILES string of the molecule is Cc1ccccc1C(NC1CCC(O)CC1)c1ccccc1. The fourth-order valence-electron chi connectivity index (χ4n) is 3.40. The van der Waals surface area contributed by atoms with Crippen molar-refractivity contribution in [2.24, 2.45) is 0 Å². The highest BCUT2D eigenvalue weighted by Crippen LogP contribution is 2.28. The van der Waals surface area contributed by atoms with Gasteiger partial charge in [-0.05, 0) is 49.3 Å². The molecule has 1 saturated carbocycles. The summed E-state index contributed by atoms with van der Waals surface area (Å²) in [6, 6.07) is 20.0. The normalized spacial score (nSPS) is 23.2. The summed E-state index contributed by atoms with van der Waals surface area (Å²) in [4.78, 5) is 0. The molecule has 1 fully saturated rings. The third kappa shape index (κ3) is 3.57. The van der Waals surface area contributed by atoms with Crippen LogP contribution in [0.1, 0.15) is 48.4 Å². The number of hydrogen-bond acceptors (Lipinski definition) is 2. The van der Waals surface area contributed by atoms with E-state index in [0.717, 1.165) is 25.7 Å². The van der Waals surface area contributed by atoms with Crippen LogP contribution >= 0.6 is 0 Å². The Labute approximate surface area is 133 Å². The fourth-order valence-corrected chi connectivity index (χ4v) is 3.40. The van der Waals surface area contributed by atoms with Gasteiger partial charge in [0.25, 0.3) is 0 Å². The zero-order chi connectivity index (χ0) is 15.4. The van der Waals surface area contributed by atoms with Crippen LogP contribution in [0.2, 0.25) is 0 Å². The van der Waals surface area contributed by atoms with Gasteiger partial charge in [-0.3, -0.25) is 0 Å². The van der Waals surface area contributed by atoms with Crippen molar-refractivity contribution in [1.82, 2.24) is 5.32 Å². The Bertz CT molecular complexity index is 588. The summed E-state index contributed by atoms with van der Waals surface area (Å²) in [5.41, 5.74) is 3.97. The van der Waals surface area contributed by atoms with Crippen LogP contribution in [0.4, 0.5) is 0 Å². The minimum absolute atomic E-state index is 0.105. The van der Waals surface area contributed by atoms with Crippen molar-refractivity contribution in [3.63, 3.8) is 0 Å². The van der Waals surface area contributed by atoms with E-state index in [-0.39, 0.29) is 12.1 Å². The summed E-state index contributed by atoms with van der Waals surface area (Å²) in [6.45, 7) is 2.18. The van der Waals surface area contributed by atoms with E-state index in [4.69, 9.17) is 0 Å². The molecule has 1 aliphatic rings. The van der Waals surface area contributed by atoms with E-state index in [1.54, 1.807) is 0 Å². The maximum absolute atomic E-state index is 9.71. The van der Waals surface area contributed by atoms with Gasteiger partial charge in [-0.2, -0.15) is 0 Å². The summed E-state index contributed by atoms with van der Waals surface area (Å²) in [6.07, 6.45) is 3.82. The largest absolute Gasteiger partial charge is 0.393 e. The molecule has 1 unspecified atom stereocenters. The van der Waals surface area contributed by atoms with Gasteiger partial charge in [0.05, 0.1) is 12.1 Å². The van der Waals surface area contributed by atoms with E-state index >= 15 is 0 Å². The van der Waals surface area contributed by atoms with Gasteiger partial charge in [-0.1, -0.05) is 54.6 Å². The Hall–Kier alpha value is -1.64. The van der Waals surface area contributed by atoms with Crippen molar-refractivity contribution in [3.8, 4) is 0 Å². The molecule has 1 atom stereocenters. The van der Waals surface area contributed by atoms with Gasteiger partial charge in [0.15, 0.2) is 0 Å². The van der Waals surface area contributed by atoms with Crippen LogP contribution in [-0.4, -0.2) is 17.3 Å². The summed E-state index contributed by atoms with van der Waals surface area (Å²) in [5, 5.41) is 13.6. The zero-order valence-electron chi connectivity index (χ0n) is 13.2. The molecule has 0 spiro atoms. The van der Waals surface area contributed by atoms with Gasteiger partial charge >= 0.3 is 0 Å². The lowest BCUT2D eigenvalue weighted by molar-refractivity contribution is 0.115. The molecule has 2 nitrogen and oxygen atoms in total. The number of hydrogen-bond donors (Lipinski definition) is 2. The molecule has 116 valence electrons. The molecule has 0 amide bonds. The Balaban J connectivity index is 1.85. The van der Waals surface area contributed by atoms with E-state index < -0.39 is 0 Å². The number of aryl methyl sites for hydroxylation is 1. The third-order valence-corrected chi connectivity index (χ3v) is 4.73. The maximum atomic E-state index is 9.71. The first-order valence-corrected chi connectivity index (χ1v) is 8.28. The van der Waals surface area contributed by atoms with Crippen molar-refractivity contribution in [3.05, 3.63) is 71.3 Å². The molecule has 0 heterocycles. The first-order chi connectivity index (χ1) is 10.7. The second kappa shape index (κ2) is 7.08. The van der Waals surface area contributed by atoms with Crippen LogP contribution in [0.5, 0.6) is 0 Å². The fraction of sp³-hybridized carbons (Fsp3) is 0.400. The van der Waals surface area contributed by atoms with Crippen molar-refractivity contribution >= 4 is 0 Å². The highest BCUT2D eigenvalue weighted by Gasteiger charge is 2.24. The highest BCUT2D eigenvalue weighted by molar-refractivity contribution is 5.36. The van der Waals surface area contributed by atoms with Crippen molar-refractivity contribution in [2.45, 2.75) is 50.8 Å². The van der Waals surface area contributed by atoms with E-state index in [1.165, 1.54) is 16.7 Å². The maximum Gasteiger partial charge on any atom is 0.0581 e. The molecule has 0 radical (unpaired) electrons. The molecular formula is C20H25NO. The standard InChI is InChI=1S/C20H25NO/c1-15-7-5-6-10-19(15)20(16-8-3-2-4-9-16)21-17-11-13-18(22)14-12-17/h2-10,17-18,20-22H,11-14H2,1H3. The smallest absolute Gasteiger partial charge is 0.0581 e. The quantitative estimate of drug-likeness (QED) is 0.894. The molecule has 22 heavy (non-hydrogen) atoms. The van der Waals surface area contributed by atoms with Gasteiger partial charge in [-0.15, -0.1) is 0 Å². The topological polar surface area (TPSA) is 32.3 Å². The van der Waals surface area contributed by atoms with E-state index in [2.05, 4.69) is 66.8 Å². The minimum Gasteiger partial charge on any atom is -0.393 e. The monoisotopic (exact) mass is 295 g/mol. The molecule has 2 N–H and O–H groups in total. The van der Waals surface area contributed by atoms with Crippen molar-refractivity contribution in [1.29, 1.82) is 0 Å².